The van der Waals surface area contributed by atoms with Gasteiger partial charge in [-0.15, -0.1) is 0 Å². The number of halogens is 10. The van der Waals surface area contributed by atoms with Crippen LogP contribution in [0.4, 0.5) is 35.1 Å². The lowest BCUT2D eigenvalue weighted by Crippen LogP contribution is -2.49. The highest BCUT2D eigenvalue weighted by molar-refractivity contribution is 6.30. The van der Waals surface area contributed by atoms with Gasteiger partial charge in [0.25, 0.3) is 5.91 Å². The molecule has 3 nitrogen and oxygen atoms in total. The third-order valence-electron chi connectivity index (χ3n) is 6.13. The van der Waals surface area contributed by atoms with Crippen molar-refractivity contribution >= 4 is 29.1 Å². The van der Waals surface area contributed by atoms with Crippen LogP contribution in [-0.4, -0.2) is 10.9 Å². The summed E-state index contributed by atoms with van der Waals surface area (Å²) in [5.74, 6) is -4.18. The molecule has 0 spiro atoms. The zero-order valence-electron chi connectivity index (χ0n) is 20.3. The van der Waals surface area contributed by atoms with Gasteiger partial charge in [0.1, 0.15) is 17.2 Å². The van der Waals surface area contributed by atoms with E-state index in [0.29, 0.717) is 22.7 Å². The van der Waals surface area contributed by atoms with E-state index in [4.69, 9.17) is 23.2 Å². The number of hydrogen-bond acceptors (Lipinski definition) is 2. The minimum absolute atomic E-state index is 0.115. The number of carbonyl (C=O) groups excluding carboxylic acids is 1. The number of nitrogens with zero attached hydrogens (tertiary/aromatic N) is 1. The van der Waals surface area contributed by atoms with Gasteiger partial charge >= 0.3 is 12.4 Å². The molecule has 3 aromatic carbocycles. The summed E-state index contributed by atoms with van der Waals surface area (Å²) < 4.78 is 110. The van der Waals surface area contributed by atoms with Gasteiger partial charge in [0, 0.05) is 23.2 Å². The molecule has 0 fully saturated rings. The maximum Gasteiger partial charge on any atom is 0.419 e. The van der Waals surface area contributed by atoms with Gasteiger partial charge in [0.05, 0.1) is 21.8 Å². The van der Waals surface area contributed by atoms with Crippen LogP contribution in [0.2, 0.25) is 10.0 Å². The Kier molecular flexibility index (Phi) is 8.33. The van der Waals surface area contributed by atoms with E-state index in [1.807, 2.05) is 0 Å². The van der Waals surface area contributed by atoms with E-state index >= 15 is 0 Å². The molecular formula is C28H16Cl2F8N2O. The van der Waals surface area contributed by atoms with Crippen molar-refractivity contribution < 1.29 is 39.9 Å². The van der Waals surface area contributed by atoms with Gasteiger partial charge in [-0.3, -0.25) is 9.78 Å². The van der Waals surface area contributed by atoms with Crippen LogP contribution >= 0.6 is 23.2 Å². The van der Waals surface area contributed by atoms with Gasteiger partial charge in [-0.25, -0.2) is 8.78 Å². The Morgan fingerprint density at radius 2 is 1.39 bits per heavy atom. The third-order valence-corrected chi connectivity index (χ3v) is 6.60. The second-order valence-corrected chi connectivity index (χ2v) is 9.82. The average Bonchev–Trinajstić information content (AvgIpc) is 2.88. The third kappa shape index (κ3) is 6.79. The van der Waals surface area contributed by atoms with Crippen LogP contribution in [0.15, 0.2) is 79.0 Å². The molecule has 4 aromatic rings. The zero-order valence-corrected chi connectivity index (χ0v) is 21.9. The Hall–Kier alpha value is -3.70. The molecule has 41 heavy (non-hydrogen) atoms. The lowest BCUT2D eigenvalue weighted by molar-refractivity contribution is -0.140. The summed E-state index contributed by atoms with van der Waals surface area (Å²) >= 11 is 11.9. The summed E-state index contributed by atoms with van der Waals surface area (Å²) in [6.07, 6.45) is -9.39. The molecule has 214 valence electrons. The maximum atomic E-state index is 14.7. The van der Waals surface area contributed by atoms with Crippen molar-refractivity contribution in [2.45, 2.75) is 24.3 Å². The SMILES string of the molecule is O=C(NC(Cc1ccc(Cl)cc1)(c1cc(F)cc(C(F)(F)F)c1)c1ccc(Cl)cn1)c1ccc(F)c(C(F)(F)F)c1. The minimum atomic E-state index is -5.15. The summed E-state index contributed by atoms with van der Waals surface area (Å²) in [5, 5.41) is 2.89. The number of hydrogen-bond donors (Lipinski definition) is 1. The minimum Gasteiger partial charge on any atom is -0.337 e. The first kappa shape index (κ1) is 30.3. The summed E-state index contributed by atoms with van der Waals surface area (Å²) in [5.41, 5.74) is -6.08. The second kappa shape index (κ2) is 11.3. The second-order valence-electron chi connectivity index (χ2n) is 8.94. The highest BCUT2D eigenvalue weighted by atomic mass is 35.5. The predicted octanol–water partition coefficient (Wildman–Crippen LogP) is 8.62. The molecule has 0 aliphatic heterocycles. The Balaban J connectivity index is 1.98. The molecule has 0 saturated carbocycles. The highest BCUT2D eigenvalue weighted by Gasteiger charge is 2.42. The number of nitrogens with one attached hydrogen (secondary N) is 1. The van der Waals surface area contributed by atoms with E-state index in [-0.39, 0.29) is 29.3 Å². The summed E-state index contributed by atoms with van der Waals surface area (Å²) in [7, 11) is 0. The number of amides is 1. The smallest absolute Gasteiger partial charge is 0.337 e. The van der Waals surface area contributed by atoms with Crippen molar-refractivity contribution in [3.63, 3.8) is 0 Å². The van der Waals surface area contributed by atoms with E-state index < -0.39 is 57.7 Å². The lowest BCUT2D eigenvalue weighted by Gasteiger charge is -2.36. The fourth-order valence-corrected chi connectivity index (χ4v) is 4.44. The van der Waals surface area contributed by atoms with E-state index in [2.05, 4.69) is 10.3 Å². The molecular weight excluding hydrogens is 603 g/mol. The van der Waals surface area contributed by atoms with Crippen molar-refractivity contribution in [2.75, 3.05) is 0 Å². The van der Waals surface area contributed by atoms with Crippen LogP contribution < -0.4 is 5.32 Å². The monoisotopic (exact) mass is 618 g/mol. The molecule has 1 aromatic heterocycles. The number of alkyl halides is 6. The fraction of sp³-hybridized carbons (Fsp3) is 0.143. The Labute approximate surface area is 237 Å². The number of carbonyl (C=O) groups is 1. The Bertz CT molecular complexity index is 1570. The number of rotatable bonds is 6. The number of pyridine rings is 1. The van der Waals surface area contributed by atoms with Crippen molar-refractivity contribution in [3.8, 4) is 0 Å². The maximum absolute atomic E-state index is 14.7. The van der Waals surface area contributed by atoms with E-state index in [1.54, 1.807) is 0 Å². The van der Waals surface area contributed by atoms with E-state index in [9.17, 15) is 39.9 Å². The fourth-order valence-electron chi connectivity index (χ4n) is 4.21. The van der Waals surface area contributed by atoms with Crippen LogP contribution in [0.3, 0.4) is 0 Å². The van der Waals surface area contributed by atoms with Crippen molar-refractivity contribution in [3.05, 3.63) is 134 Å². The van der Waals surface area contributed by atoms with Gasteiger partial charge in [0.2, 0.25) is 0 Å². The molecule has 13 heteroatoms. The molecule has 1 heterocycles. The first-order valence-electron chi connectivity index (χ1n) is 11.5. The normalized spacial score (nSPS) is 13.5. The van der Waals surface area contributed by atoms with Crippen molar-refractivity contribution in [1.82, 2.24) is 10.3 Å². The molecule has 1 amide bonds. The van der Waals surface area contributed by atoms with E-state index in [0.717, 1.165) is 18.3 Å². The standard InChI is InChI=1S/C28H16Cl2F8N2O/c29-19-4-1-15(2-5-19)13-26(24-8-6-20(30)14-39-24,17-10-18(27(33,34)35)12-21(31)11-17)40-25(41)16-3-7-23(32)22(9-16)28(36,37)38/h1-12,14H,13H2,(H,40,41). The summed E-state index contributed by atoms with van der Waals surface area (Å²) in [6, 6.07) is 11.5. The Morgan fingerprint density at radius 1 is 0.756 bits per heavy atom. The van der Waals surface area contributed by atoms with Gasteiger partial charge in [-0.2, -0.15) is 26.3 Å². The van der Waals surface area contributed by atoms with Gasteiger partial charge in [-0.1, -0.05) is 35.3 Å². The van der Waals surface area contributed by atoms with Crippen LogP contribution in [0.1, 0.15) is 38.3 Å². The highest BCUT2D eigenvalue weighted by Crippen LogP contribution is 2.39. The largest absolute Gasteiger partial charge is 0.419 e. The average molecular weight is 619 g/mol. The molecule has 0 aliphatic rings. The molecule has 0 bridgehead atoms. The molecule has 1 N–H and O–H groups in total. The lowest BCUT2D eigenvalue weighted by atomic mass is 9.79. The van der Waals surface area contributed by atoms with Crippen LogP contribution in [-0.2, 0) is 24.3 Å². The molecule has 0 radical (unpaired) electrons. The van der Waals surface area contributed by atoms with Gasteiger partial charge in [-0.05, 0) is 71.8 Å². The molecule has 4 rings (SSSR count). The van der Waals surface area contributed by atoms with E-state index in [1.165, 1.54) is 36.4 Å². The van der Waals surface area contributed by atoms with Crippen LogP contribution in [0.5, 0.6) is 0 Å². The topological polar surface area (TPSA) is 42.0 Å². The van der Waals surface area contributed by atoms with Crippen LogP contribution in [0.25, 0.3) is 0 Å². The van der Waals surface area contributed by atoms with Gasteiger partial charge < -0.3 is 5.32 Å². The number of aromatic nitrogens is 1. The van der Waals surface area contributed by atoms with Crippen LogP contribution in [0, 0.1) is 11.6 Å². The number of benzene rings is 3. The molecule has 0 aliphatic carbocycles. The van der Waals surface area contributed by atoms with Crippen molar-refractivity contribution in [1.29, 1.82) is 0 Å². The molecule has 1 unspecified atom stereocenters. The summed E-state index contributed by atoms with van der Waals surface area (Å²) in [4.78, 5) is 17.6. The molecule has 1 atom stereocenters. The van der Waals surface area contributed by atoms with Gasteiger partial charge in [0.15, 0.2) is 0 Å². The summed E-state index contributed by atoms with van der Waals surface area (Å²) in [6.45, 7) is 0. The first-order valence-corrected chi connectivity index (χ1v) is 12.3. The zero-order chi connectivity index (χ0) is 30.2. The molecule has 0 saturated heterocycles. The predicted molar refractivity (Wildman–Crippen MR) is 135 cm³/mol. The Morgan fingerprint density at radius 3 is 1.98 bits per heavy atom. The van der Waals surface area contributed by atoms with Crippen molar-refractivity contribution in [2.24, 2.45) is 0 Å². The quantitative estimate of drug-likeness (QED) is 0.220. The first-order chi connectivity index (χ1) is 19.1.